The molecule has 0 bridgehead atoms. The van der Waals surface area contributed by atoms with Gasteiger partial charge in [0.05, 0.1) is 17.6 Å². The minimum Gasteiger partial charge on any atom is -0.465 e. The van der Waals surface area contributed by atoms with Gasteiger partial charge in [-0.1, -0.05) is 22.5 Å². The number of nitrogens with two attached hydrogens (primary N) is 1. The number of anilines is 1. The Bertz CT molecular complexity index is 613. The maximum absolute atomic E-state index is 12.1. The van der Waals surface area contributed by atoms with Crippen LogP contribution >= 0.6 is 15.9 Å². The highest BCUT2D eigenvalue weighted by molar-refractivity contribution is 9.11. The zero-order valence-corrected chi connectivity index (χ0v) is 12.5. The Kier molecular flexibility index (Phi) is 5.10. The molecule has 3 N–H and O–H groups in total. The van der Waals surface area contributed by atoms with Crippen molar-refractivity contribution in [2.75, 3.05) is 19.4 Å². The summed E-state index contributed by atoms with van der Waals surface area (Å²) in [7, 11) is -2.69. The van der Waals surface area contributed by atoms with E-state index in [2.05, 4.69) is 32.0 Å². The molecule has 1 aromatic carbocycles. The molecule has 0 radical (unpaired) electrons. The fourth-order valence-electron chi connectivity index (χ4n) is 1.30. The molecular formula is C11H13BrN2O4S. The lowest BCUT2D eigenvalue weighted by molar-refractivity contribution is 0.0596. The summed E-state index contributed by atoms with van der Waals surface area (Å²) in [5.74, 6) is -0.773. The lowest BCUT2D eigenvalue weighted by Crippen LogP contribution is -2.26. The summed E-state index contributed by atoms with van der Waals surface area (Å²) >= 11 is 3.04. The molecule has 0 saturated carbocycles. The number of carbonyl (C=O) groups is 1. The first-order valence-corrected chi connectivity index (χ1v) is 7.36. The molecule has 8 heteroatoms. The van der Waals surface area contributed by atoms with Gasteiger partial charge in [0.15, 0.2) is 0 Å². The Balaban J connectivity index is 3.26. The van der Waals surface area contributed by atoms with E-state index in [-0.39, 0.29) is 22.7 Å². The highest BCUT2D eigenvalue weighted by Crippen LogP contribution is 2.20. The van der Waals surface area contributed by atoms with Crippen molar-refractivity contribution in [1.82, 2.24) is 4.72 Å². The van der Waals surface area contributed by atoms with Gasteiger partial charge in [-0.2, -0.15) is 0 Å². The molecule has 0 fully saturated rings. The largest absolute Gasteiger partial charge is 0.465 e. The van der Waals surface area contributed by atoms with Crippen LogP contribution in [0, 0.1) is 0 Å². The highest BCUT2D eigenvalue weighted by atomic mass is 79.9. The third-order valence-corrected chi connectivity index (χ3v) is 3.89. The van der Waals surface area contributed by atoms with E-state index in [1.807, 2.05) is 0 Å². The summed E-state index contributed by atoms with van der Waals surface area (Å²) < 4.78 is 31.4. The molecule has 0 unspecified atom stereocenters. The highest BCUT2D eigenvalue weighted by Gasteiger charge is 2.23. The van der Waals surface area contributed by atoms with Crippen LogP contribution in [0.2, 0.25) is 0 Å². The van der Waals surface area contributed by atoms with Crippen LogP contribution < -0.4 is 10.5 Å². The molecule has 0 spiro atoms. The first-order chi connectivity index (χ1) is 8.77. The Labute approximate surface area is 119 Å². The van der Waals surface area contributed by atoms with Gasteiger partial charge in [0.1, 0.15) is 0 Å². The van der Waals surface area contributed by atoms with Gasteiger partial charge in [-0.3, -0.25) is 0 Å². The predicted octanol–water partition coefficient (Wildman–Crippen LogP) is 1.24. The number of benzene rings is 1. The Morgan fingerprint density at radius 2 is 2.16 bits per heavy atom. The zero-order valence-electron chi connectivity index (χ0n) is 10.1. The maximum Gasteiger partial charge on any atom is 0.339 e. The van der Waals surface area contributed by atoms with Crippen LogP contribution in [0.25, 0.3) is 0 Å². The van der Waals surface area contributed by atoms with E-state index in [1.165, 1.54) is 18.2 Å². The van der Waals surface area contributed by atoms with E-state index >= 15 is 0 Å². The molecule has 0 amide bonds. The van der Waals surface area contributed by atoms with Crippen LogP contribution in [0.15, 0.2) is 34.2 Å². The van der Waals surface area contributed by atoms with E-state index in [0.717, 1.165) is 7.11 Å². The minimum absolute atomic E-state index is 0.00726. The first kappa shape index (κ1) is 15.7. The van der Waals surface area contributed by atoms with Crippen LogP contribution in [-0.2, 0) is 14.8 Å². The Morgan fingerprint density at radius 3 is 2.68 bits per heavy atom. The average molecular weight is 349 g/mol. The third-order valence-electron chi connectivity index (χ3n) is 2.15. The molecule has 0 aliphatic rings. The second kappa shape index (κ2) is 6.18. The number of nitrogens with one attached hydrogen (secondary N) is 1. The molecule has 1 aromatic rings. The van der Waals surface area contributed by atoms with Gasteiger partial charge in [-0.05, 0) is 18.2 Å². The van der Waals surface area contributed by atoms with Crippen molar-refractivity contribution >= 4 is 37.6 Å². The van der Waals surface area contributed by atoms with E-state index in [0.29, 0.717) is 4.48 Å². The summed E-state index contributed by atoms with van der Waals surface area (Å²) in [5.41, 5.74) is 5.69. The summed E-state index contributed by atoms with van der Waals surface area (Å²) in [6, 6.07) is 3.90. The monoisotopic (exact) mass is 348 g/mol. The fraction of sp³-hybridized carbons (Fsp3) is 0.182. The normalized spacial score (nSPS) is 11.1. The van der Waals surface area contributed by atoms with E-state index in [9.17, 15) is 13.2 Å². The predicted molar refractivity (Wildman–Crippen MR) is 75.4 cm³/mol. The number of sulfonamides is 1. The third kappa shape index (κ3) is 4.05. The number of methoxy groups -OCH3 is 1. The van der Waals surface area contributed by atoms with Crippen LogP contribution in [0.5, 0.6) is 0 Å². The van der Waals surface area contributed by atoms with Crippen molar-refractivity contribution in [2.24, 2.45) is 0 Å². The zero-order chi connectivity index (χ0) is 14.6. The lowest BCUT2D eigenvalue weighted by atomic mass is 10.2. The minimum atomic E-state index is -3.86. The Hall–Kier alpha value is -1.38. The van der Waals surface area contributed by atoms with Crippen molar-refractivity contribution in [3.05, 3.63) is 34.8 Å². The van der Waals surface area contributed by atoms with Gasteiger partial charge >= 0.3 is 5.97 Å². The molecule has 6 nitrogen and oxygen atoms in total. The van der Waals surface area contributed by atoms with Gasteiger partial charge in [0, 0.05) is 16.7 Å². The second-order valence-corrected chi connectivity index (χ2v) is 6.45. The van der Waals surface area contributed by atoms with Crippen molar-refractivity contribution < 1.29 is 17.9 Å². The van der Waals surface area contributed by atoms with Crippen LogP contribution in [0.3, 0.4) is 0 Å². The first-order valence-electron chi connectivity index (χ1n) is 5.08. The van der Waals surface area contributed by atoms with Crippen molar-refractivity contribution in [1.29, 1.82) is 0 Å². The van der Waals surface area contributed by atoms with E-state index in [1.54, 1.807) is 0 Å². The number of esters is 1. The topological polar surface area (TPSA) is 98.5 Å². The van der Waals surface area contributed by atoms with E-state index in [4.69, 9.17) is 5.73 Å². The quantitative estimate of drug-likeness (QED) is 0.616. The van der Waals surface area contributed by atoms with Crippen LogP contribution in [0.4, 0.5) is 5.69 Å². The number of carbonyl (C=O) groups excluding carboxylic acids is 1. The Morgan fingerprint density at radius 1 is 1.53 bits per heavy atom. The number of nitrogen functional groups attached to an aromatic ring is 1. The SMILES string of the molecule is C=C(Br)CNS(=O)(=O)c1ccc(N)cc1C(=O)OC. The summed E-state index contributed by atoms with van der Waals surface area (Å²) in [4.78, 5) is 11.4. The summed E-state index contributed by atoms with van der Waals surface area (Å²) in [6.45, 7) is 3.53. The summed E-state index contributed by atoms with van der Waals surface area (Å²) in [6.07, 6.45) is 0. The van der Waals surface area contributed by atoms with Crippen molar-refractivity contribution in [3.63, 3.8) is 0 Å². The molecule has 19 heavy (non-hydrogen) atoms. The molecule has 1 rings (SSSR count). The standard InChI is InChI=1S/C11H13BrN2O4S/c1-7(12)6-14-19(16,17)10-4-3-8(13)5-9(10)11(15)18-2/h3-5,14H,1,6,13H2,2H3. The number of ether oxygens (including phenoxy) is 1. The van der Waals surface area contributed by atoms with Crippen LogP contribution in [-0.4, -0.2) is 28.0 Å². The number of hydrogen-bond donors (Lipinski definition) is 2. The van der Waals surface area contributed by atoms with Gasteiger partial charge in [-0.25, -0.2) is 17.9 Å². The maximum atomic E-state index is 12.1. The van der Waals surface area contributed by atoms with Crippen molar-refractivity contribution in [3.8, 4) is 0 Å². The molecular weight excluding hydrogens is 336 g/mol. The van der Waals surface area contributed by atoms with Gasteiger partial charge in [0.2, 0.25) is 10.0 Å². The fourth-order valence-corrected chi connectivity index (χ4v) is 2.83. The molecule has 0 aliphatic heterocycles. The second-order valence-electron chi connectivity index (χ2n) is 3.59. The molecule has 0 aliphatic carbocycles. The molecule has 104 valence electrons. The average Bonchev–Trinajstić information content (AvgIpc) is 2.35. The molecule has 0 saturated heterocycles. The van der Waals surface area contributed by atoms with Crippen molar-refractivity contribution in [2.45, 2.75) is 4.90 Å². The van der Waals surface area contributed by atoms with Crippen LogP contribution in [0.1, 0.15) is 10.4 Å². The smallest absolute Gasteiger partial charge is 0.339 e. The molecule has 0 aromatic heterocycles. The van der Waals surface area contributed by atoms with Gasteiger partial charge in [0.25, 0.3) is 0 Å². The number of rotatable bonds is 5. The van der Waals surface area contributed by atoms with Gasteiger partial charge in [-0.15, -0.1) is 0 Å². The van der Waals surface area contributed by atoms with Gasteiger partial charge < -0.3 is 10.5 Å². The molecule has 0 atom stereocenters. The molecule has 0 heterocycles. The number of hydrogen-bond acceptors (Lipinski definition) is 5. The number of halogens is 1. The summed E-state index contributed by atoms with van der Waals surface area (Å²) in [5, 5.41) is 0. The lowest BCUT2D eigenvalue weighted by Gasteiger charge is -2.10. The van der Waals surface area contributed by atoms with E-state index < -0.39 is 16.0 Å².